The molecule has 0 aliphatic heterocycles. The van der Waals surface area contributed by atoms with Crippen molar-refractivity contribution in [3.05, 3.63) is 24.0 Å². The summed E-state index contributed by atoms with van der Waals surface area (Å²) in [6.07, 6.45) is 4.19. The predicted molar refractivity (Wildman–Crippen MR) is 58.2 cm³/mol. The topological polar surface area (TPSA) is 26.2 Å². The minimum Gasteiger partial charge on any atom is -0.380 e. The molecule has 0 radical (unpaired) electrons. The number of nitrogens with zero attached hydrogens (tertiary/aromatic N) is 1. The van der Waals surface area contributed by atoms with Gasteiger partial charge in [-0.2, -0.15) is 0 Å². The summed E-state index contributed by atoms with van der Waals surface area (Å²) in [5.74, 6) is 0. The van der Waals surface area contributed by atoms with Crippen LogP contribution < -0.4 is 5.32 Å². The van der Waals surface area contributed by atoms with Crippen molar-refractivity contribution in [1.29, 1.82) is 0 Å². The van der Waals surface area contributed by atoms with Crippen molar-refractivity contribution < 1.29 is 4.74 Å². The van der Waals surface area contributed by atoms with E-state index in [4.69, 9.17) is 4.74 Å². The Morgan fingerprint density at radius 1 is 1.57 bits per heavy atom. The molecule has 0 bridgehead atoms. The first kappa shape index (κ1) is 11.3. The molecule has 1 aromatic rings. The monoisotopic (exact) mass is 196 g/mol. The van der Waals surface area contributed by atoms with Gasteiger partial charge in [0.25, 0.3) is 0 Å². The van der Waals surface area contributed by atoms with Gasteiger partial charge in [0.05, 0.1) is 6.61 Å². The van der Waals surface area contributed by atoms with E-state index in [2.05, 4.69) is 35.3 Å². The lowest BCUT2D eigenvalue weighted by molar-refractivity contribution is 0.127. The van der Waals surface area contributed by atoms with Crippen LogP contribution in [0.4, 0.5) is 0 Å². The van der Waals surface area contributed by atoms with E-state index in [-0.39, 0.29) is 0 Å². The van der Waals surface area contributed by atoms with Gasteiger partial charge in [0, 0.05) is 38.6 Å². The highest BCUT2D eigenvalue weighted by Crippen LogP contribution is 1.99. The van der Waals surface area contributed by atoms with E-state index in [0.29, 0.717) is 6.04 Å². The summed E-state index contributed by atoms with van der Waals surface area (Å²) in [7, 11) is 2.03. The molecule has 14 heavy (non-hydrogen) atoms. The number of rotatable bonds is 6. The van der Waals surface area contributed by atoms with Crippen molar-refractivity contribution in [2.45, 2.75) is 26.4 Å². The van der Waals surface area contributed by atoms with Crippen molar-refractivity contribution in [2.75, 3.05) is 13.2 Å². The zero-order chi connectivity index (χ0) is 10.4. The predicted octanol–water partition coefficient (Wildman–Crippen LogP) is 1.54. The molecule has 1 atom stereocenters. The normalized spacial score (nSPS) is 13.1. The van der Waals surface area contributed by atoms with Crippen molar-refractivity contribution in [3.8, 4) is 0 Å². The fraction of sp³-hybridized carbons (Fsp3) is 0.636. The first-order valence-electron chi connectivity index (χ1n) is 5.14. The van der Waals surface area contributed by atoms with Crippen LogP contribution in [0, 0.1) is 0 Å². The minimum atomic E-state index is 0.412. The van der Waals surface area contributed by atoms with Crippen LogP contribution in [-0.2, 0) is 18.3 Å². The second kappa shape index (κ2) is 5.83. The SMILES string of the molecule is CCOCC(C)NCc1ccn(C)c1. The van der Waals surface area contributed by atoms with Crippen LogP contribution in [0.3, 0.4) is 0 Å². The molecule has 0 saturated carbocycles. The Hall–Kier alpha value is -0.800. The van der Waals surface area contributed by atoms with Crippen LogP contribution in [0.5, 0.6) is 0 Å². The molecule has 80 valence electrons. The number of aryl methyl sites for hydroxylation is 1. The van der Waals surface area contributed by atoms with Gasteiger partial charge in [-0.25, -0.2) is 0 Å². The molecule has 1 heterocycles. The van der Waals surface area contributed by atoms with E-state index < -0.39 is 0 Å². The fourth-order valence-corrected chi connectivity index (χ4v) is 1.31. The third-order valence-corrected chi connectivity index (χ3v) is 2.12. The molecule has 0 aliphatic rings. The van der Waals surface area contributed by atoms with Gasteiger partial charge in [0.15, 0.2) is 0 Å². The molecule has 3 nitrogen and oxygen atoms in total. The third-order valence-electron chi connectivity index (χ3n) is 2.12. The molecule has 3 heteroatoms. The Kier molecular flexibility index (Phi) is 4.70. The number of hydrogen-bond donors (Lipinski definition) is 1. The zero-order valence-corrected chi connectivity index (χ0v) is 9.29. The van der Waals surface area contributed by atoms with E-state index in [1.165, 1.54) is 5.56 Å². The molecule has 0 fully saturated rings. The largest absolute Gasteiger partial charge is 0.380 e. The maximum absolute atomic E-state index is 5.32. The molecule has 0 aliphatic carbocycles. The summed E-state index contributed by atoms with van der Waals surface area (Å²) in [5, 5.41) is 3.41. The highest BCUT2D eigenvalue weighted by atomic mass is 16.5. The van der Waals surface area contributed by atoms with E-state index in [0.717, 1.165) is 19.8 Å². The number of ether oxygens (including phenoxy) is 1. The molecule has 0 aromatic carbocycles. The summed E-state index contributed by atoms with van der Waals surface area (Å²) >= 11 is 0. The summed E-state index contributed by atoms with van der Waals surface area (Å²) in [5.41, 5.74) is 1.32. The summed E-state index contributed by atoms with van der Waals surface area (Å²) in [6, 6.07) is 2.54. The number of aromatic nitrogens is 1. The minimum absolute atomic E-state index is 0.412. The summed E-state index contributed by atoms with van der Waals surface area (Å²) in [6.45, 7) is 6.64. The van der Waals surface area contributed by atoms with Gasteiger partial charge in [0.2, 0.25) is 0 Å². The third kappa shape index (κ3) is 3.94. The maximum atomic E-state index is 5.32. The van der Waals surface area contributed by atoms with Gasteiger partial charge in [-0.05, 0) is 25.5 Å². The van der Waals surface area contributed by atoms with Gasteiger partial charge in [0.1, 0.15) is 0 Å². The molecule has 1 aromatic heterocycles. The molecule has 1 rings (SSSR count). The van der Waals surface area contributed by atoms with Crippen LogP contribution >= 0.6 is 0 Å². The van der Waals surface area contributed by atoms with E-state index >= 15 is 0 Å². The average molecular weight is 196 g/mol. The Morgan fingerprint density at radius 3 is 2.93 bits per heavy atom. The first-order chi connectivity index (χ1) is 6.72. The van der Waals surface area contributed by atoms with Gasteiger partial charge < -0.3 is 14.6 Å². The van der Waals surface area contributed by atoms with Crippen LogP contribution in [0.2, 0.25) is 0 Å². The Labute approximate surface area is 86.1 Å². The second-order valence-corrected chi connectivity index (χ2v) is 3.63. The van der Waals surface area contributed by atoms with Crippen molar-refractivity contribution >= 4 is 0 Å². The van der Waals surface area contributed by atoms with E-state index in [9.17, 15) is 0 Å². The molecule has 1 N–H and O–H groups in total. The molecule has 0 amide bonds. The lowest BCUT2D eigenvalue weighted by Crippen LogP contribution is -2.29. The lowest BCUT2D eigenvalue weighted by atomic mass is 10.3. The number of nitrogens with one attached hydrogen (secondary N) is 1. The van der Waals surface area contributed by atoms with E-state index in [1.807, 2.05) is 14.0 Å². The zero-order valence-electron chi connectivity index (χ0n) is 9.29. The average Bonchev–Trinajstić information content (AvgIpc) is 2.58. The van der Waals surface area contributed by atoms with E-state index in [1.54, 1.807) is 0 Å². The highest BCUT2D eigenvalue weighted by Gasteiger charge is 2.01. The Balaban J connectivity index is 2.20. The van der Waals surface area contributed by atoms with Crippen LogP contribution in [0.25, 0.3) is 0 Å². The van der Waals surface area contributed by atoms with Gasteiger partial charge in [-0.1, -0.05) is 0 Å². The molecule has 0 saturated heterocycles. The number of hydrogen-bond acceptors (Lipinski definition) is 2. The molecular formula is C11H20N2O. The molecule has 1 unspecified atom stereocenters. The second-order valence-electron chi connectivity index (χ2n) is 3.63. The summed E-state index contributed by atoms with van der Waals surface area (Å²) < 4.78 is 7.38. The van der Waals surface area contributed by atoms with Crippen molar-refractivity contribution in [3.63, 3.8) is 0 Å². The molecular weight excluding hydrogens is 176 g/mol. The molecule has 0 spiro atoms. The van der Waals surface area contributed by atoms with Crippen LogP contribution in [0.15, 0.2) is 18.5 Å². The van der Waals surface area contributed by atoms with Crippen LogP contribution in [0.1, 0.15) is 19.4 Å². The Morgan fingerprint density at radius 2 is 2.36 bits per heavy atom. The first-order valence-corrected chi connectivity index (χ1v) is 5.14. The van der Waals surface area contributed by atoms with Crippen molar-refractivity contribution in [2.24, 2.45) is 7.05 Å². The van der Waals surface area contributed by atoms with Gasteiger partial charge in [-0.3, -0.25) is 0 Å². The van der Waals surface area contributed by atoms with Gasteiger partial charge in [-0.15, -0.1) is 0 Å². The van der Waals surface area contributed by atoms with Crippen molar-refractivity contribution in [1.82, 2.24) is 9.88 Å². The highest BCUT2D eigenvalue weighted by molar-refractivity contribution is 5.09. The fourth-order valence-electron chi connectivity index (χ4n) is 1.31. The standard InChI is InChI=1S/C11H20N2O/c1-4-14-9-10(2)12-7-11-5-6-13(3)8-11/h5-6,8,10,12H,4,7,9H2,1-3H3. The lowest BCUT2D eigenvalue weighted by Gasteiger charge is -2.12. The quantitative estimate of drug-likeness (QED) is 0.747. The maximum Gasteiger partial charge on any atom is 0.0616 e. The summed E-state index contributed by atoms with van der Waals surface area (Å²) in [4.78, 5) is 0. The van der Waals surface area contributed by atoms with Gasteiger partial charge >= 0.3 is 0 Å². The Bertz CT molecular complexity index is 258. The smallest absolute Gasteiger partial charge is 0.0616 e. The van der Waals surface area contributed by atoms with Crippen LogP contribution in [-0.4, -0.2) is 23.8 Å².